The summed E-state index contributed by atoms with van der Waals surface area (Å²) in [7, 11) is 0. The summed E-state index contributed by atoms with van der Waals surface area (Å²) < 4.78 is 39.9. The third-order valence-electron chi connectivity index (χ3n) is 3.73. The van der Waals surface area contributed by atoms with Gasteiger partial charge < -0.3 is 5.32 Å². The van der Waals surface area contributed by atoms with Crippen molar-refractivity contribution in [1.82, 2.24) is 25.1 Å². The van der Waals surface area contributed by atoms with Gasteiger partial charge in [0.25, 0.3) is 5.91 Å². The second-order valence-electron chi connectivity index (χ2n) is 5.53. The monoisotopic (exact) mass is 361 g/mol. The molecule has 0 spiro atoms. The minimum Gasteiger partial charge on any atom is -0.345 e. The number of halogens is 3. The number of alkyl halides is 3. The lowest BCUT2D eigenvalue weighted by atomic mass is 10.0. The average Bonchev–Trinajstić information content (AvgIpc) is 3.15. The summed E-state index contributed by atoms with van der Waals surface area (Å²) in [6, 6.07) is 7.36. The zero-order valence-corrected chi connectivity index (χ0v) is 13.6. The van der Waals surface area contributed by atoms with Crippen molar-refractivity contribution in [1.29, 1.82) is 0 Å². The Morgan fingerprint density at radius 1 is 1.23 bits per heavy atom. The van der Waals surface area contributed by atoms with E-state index < -0.39 is 23.7 Å². The molecule has 0 unspecified atom stereocenters. The Balaban J connectivity index is 1.83. The summed E-state index contributed by atoms with van der Waals surface area (Å²) >= 11 is 0. The van der Waals surface area contributed by atoms with Gasteiger partial charge in [-0.2, -0.15) is 18.3 Å². The molecule has 1 atom stereocenters. The van der Waals surface area contributed by atoms with Crippen LogP contribution in [-0.2, 0) is 6.18 Å². The second-order valence-corrected chi connectivity index (χ2v) is 5.53. The minimum absolute atomic E-state index is 0.233. The number of nitrogens with one attached hydrogen (secondary N) is 1. The molecule has 6 nitrogen and oxygen atoms in total. The number of hydrogen-bond acceptors (Lipinski definition) is 4. The van der Waals surface area contributed by atoms with Crippen molar-refractivity contribution in [3.05, 3.63) is 71.9 Å². The molecule has 0 bridgehead atoms. The third-order valence-corrected chi connectivity index (χ3v) is 3.73. The molecular weight excluding hydrogens is 347 g/mol. The lowest BCUT2D eigenvalue weighted by Gasteiger charge is -2.17. The Morgan fingerprint density at radius 2 is 2.04 bits per heavy atom. The van der Waals surface area contributed by atoms with E-state index in [0.717, 1.165) is 12.1 Å². The molecule has 134 valence electrons. The number of benzene rings is 1. The number of pyridine rings is 1. The Morgan fingerprint density at radius 3 is 2.73 bits per heavy atom. The van der Waals surface area contributed by atoms with Gasteiger partial charge in [-0.15, -0.1) is 0 Å². The molecule has 0 aliphatic rings. The van der Waals surface area contributed by atoms with Crippen molar-refractivity contribution in [2.75, 3.05) is 0 Å². The topological polar surface area (TPSA) is 72.7 Å². The van der Waals surface area contributed by atoms with Gasteiger partial charge in [0.05, 0.1) is 17.2 Å². The van der Waals surface area contributed by atoms with Crippen LogP contribution >= 0.6 is 0 Å². The smallest absolute Gasteiger partial charge is 0.345 e. The van der Waals surface area contributed by atoms with Crippen molar-refractivity contribution in [2.24, 2.45) is 0 Å². The van der Waals surface area contributed by atoms with Gasteiger partial charge >= 0.3 is 6.18 Å². The molecule has 3 aromatic rings. The van der Waals surface area contributed by atoms with Crippen molar-refractivity contribution in [2.45, 2.75) is 19.1 Å². The molecule has 0 saturated heterocycles. The largest absolute Gasteiger partial charge is 0.416 e. The molecule has 1 amide bonds. The minimum atomic E-state index is -4.44. The first kappa shape index (κ1) is 17.6. The molecule has 2 aromatic heterocycles. The van der Waals surface area contributed by atoms with E-state index in [1.54, 1.807) is 19.1 Å². The summed E-state index contributed by atoms with van der Waals surface area (Å²) in [5.74, 6) is -0.202. The van der Waals surface area contributed by atoms with Gasteiger partial charge in [0, 0.05) is 6.20 Å². The van der Waals surface area contributed by atoms with Gasteiger partial charge in [-0.1, -0.05) is 12.1 Å². The van der Waals surface area contributed by atoms with Crippen molar-refractivity contribution >= 4 is 5.91 Å². The Hall–Kier alpha value is -3.23. The van der Waals surface area contributed by atoms with Crippen LogP contribution in [0.4, 0.5) is 13.2 Å². The van der Waals surface area contributed by atoms with Crippen LogP contribution in [0.15, 0.2) is 55.2 Å². The summed E-state index contributed by atoms with van der Waals surface area (Å²) in [5, 5.41) is 6.63. The number of carbonyl (C=O) groups is 1. The maximum absolute atomic E-state index is 12.9. The number of nitrogens with zero attached hydrogens (tertiary/aromatic N) is 4. The standard InChI is InChI=1S/C17H14F3N5O/c1-11(12-4-2-5-13(8-12)17(18,19)20)24-16(26)14-6-3-7-22-15(14)25-10-21-9-23-25/h2-11H,1H3,(H,24,26)/t11-/m1/s1. The van der Waals surface area contributed by atoms with Crippen LogP contribution < -0.4 is 5.32 Å². The SMILES string of the molecule is C[C@@H](NC(=O)c1cccnc1-n1cncn1)c1cccc(C(F)(F)F)c1. The molecule has 26 heavy (non-hydrogen) atoms. The molecular formula is C17H14F3N5O. The molecule has 0 aliphatic heterocycles. The van der Waals surface area contributed by atoms with Crippen LogP contribution in [0.5, 0.6) is 0 Å². The highest BCUT2D eigenvalue weighted by atomic mass is 19.4. The maximum Gasteiger partial charge on any atom is 0.416 e. The van der Waals surface area contributed by atoms with Crippen LogP contribution in [-0.4, -0.2) is 25.7 Å². The van der Waals surface area contributed by atoms with Gasteiger partial charge in [0.15, 0.2) is 5.82 Å². The van der Waals surface area contributed by atoms with Crippen LogP contribution in [0.3, 0.4) is 0 Å². The average molecular weight is 361 g/mol. The van der Waals surface area contributed by atoms with Crippen molar-refractivity contribution in [3.63, 3.8) is 0 Å². The summed E-state index contributed by atoms with van der Waals surface area (Å²) in [6.45, 7) is 1.61. The van der Waals surface area contributed by atoms with Gasteiger partial charge in [0.1, 0.15) is 12.7 Å². The highest BCUT2D eigenvalue weighted by Gasteiger charge is 2.30. The van der Waals surface area contributed by atoms with Gasteiger partial charge in [0.2, 0.25) is 0 Å². The molecule has 0 radical (unpaired) electrons. The summed E-state index contributed by atoms with van der Waals surface area (Å²) in [4.78, 5) is 20.5. The predicted octanol–water partition coefficient (Wildman–Crippen LogP) is 3.17. The van der Waals surface area contributed by atoms with Crippen LogP contribution in [0.1, 0.15) is 34.5 Å². The number of hydrogen-bond donors (Lipinski definition) is 1. The van der Waals surface area contributed by atoms with E-state index in [4.69, 9.17) is 0 Å². The summed E-state index contributed by atoms with van der Waals surface area (Å²) in [6.07, 6.45) is -0.232. The van der Waals surface area contributed by atoms with E-state index in [-0.39, 0.29) is 11.4 Å². The van der Waals surface area contributed by atoms with E-state index in [1.807, 2.05) is 0 Å². The zero-order chi connectivity index (χ0) is 18.7. The fraction of sp³-hybridized carbons (Fsp3) is 0.176. The fourth-order valence-electron chi connectivity index (χ4n) is 2.42. The van der Waals surface area contributed by atoms with Crippen LogP contribution in [0, 0.1) is 0 Å². The predicted molar refractivity (Wildman–Crippen MR) is 86.5 cm³/mol. The first-order valence-electron chi connectivity index (χ1n) is 7.64. The highest BCUT2D eigenvalue weighted by Crippen LogP contribution is 2.30. The Kier molecular flexibility index (Phi) is 4.70. The van der Waals surface area contributed by atoms with E-state index in [0.29, 0.717) is 5.56 Å². The molecule has 0 saturated carbocycles. The Labute approximate surface area is 146 Å². The molecule has 9 heteroatoms. The summed E-state index contributed by atoms with van der Waals surface area (Å²) in [5.41, 5.74) is -0.183. The molecule has 0 aliphatic carbocycles. The maximum atomic E-state index is 12.9. The Bertz CT molecular complexity index is 909. The first-order valence-corrected chi connectivity index (χ1v) is 7.64. The van der Waals surface area contributed by atoms with Gasteiger partial charge in [-0.25, -0.2) is 14.6 Å². The second kappa shape index (κ2) is 6.95. The molecule has 1 aromatic carbocycles. The van der Waals surface area contributed by atoms with Crippen LogP contribution in [0.25, 0.3) is 5.82 Å². The first-order chi connectivity index (χ1) is 12.4. The van der Waals surface area contributed by atoms with E-state index in [2.05, 4.69) is 20.4 Å². The normalized spacial score (nSPS) is 12.6. The van der Waals surface area contributed by atoms with Crippen molar-refractivity contribution in [3.8, 4) is 5.82 Å². The number of carbonyl (C=O) groups excluding carboxylic acids is 1. The van der Waals surface area contributed by atoms with Crippen molar-refractivity contribution < 1.29 is 18.0 Å². The quantitative estimate of drug-likeness (QED) is 0.775. The van der Waals surface area contributed by atoms with E-state index >= 15 is 0 Å². The highest BCUT2D eigenvalue weighted by molar-refractivity contribution is 5.97. The number of amides is 1. The number of rotatable bonds is 4. The van der Waals surface area contributed by atoms with Gasteiger partial charge in [-0.3, -0.25) is 4.79 Å². The molecule has 1 N–H and O–H groups in total. The fourth-order valence-corrected chi connectivity index (χ4v) is 2.42. The lowest BCUT2D eigenvalue weighted by molar-refractivity contribution is -0.137. The van der Waals surface area contributed by atoms with E-state index in [1.165, 1.54) is 35.7 Å². The lowest BCUT2D eigenvalue weighted by Crippen LogP contribution is -2.28. The van der Waals surface area contributed by atoms with Crippen LogP contribution in [0.2, 0.25) is 0 Å². The third kappa shape index (κ3) is 3.71. The van der Waals surface area contributed by atoms with Gasteiger partial charge in [-0.05, 0) is 36.8 Å². The zero-order valence-electron chi connectivity index (χ0n) is 13.6. The molecule has 2 heterocycles. The number of aromatic nitrogens is 4. The molecule has 0 fully saturated rings. The molecule has 3 rings (SSSR count). The van der Waals surface area contributed by atoms with E-state index in [9.17, 15) is 18.0 Å².